The molecule has 1 saturated heterocycles. The molecule has 18 heavy (non-hydrogen) atoms. The standard InChI is InChI=1S/C17H27N/c1-14-8-9-16(13-15(14)2)10-11-17-7-5-3-4-6-12-18-17/h8-9,13,17-18H,3-7,10-12H2,1-2H3. The van der Waals surface area contributed by atoms with Crippen molar-refractivity contribution in [1.29, 1.82) is 0 Å². The van der Waals surface area contributed by atoms with Gasteiger partial charge in [-0.05, 0) is 62.8 Å². The average Bonchev–Trinajstić information content (AvgIpc) is 2.32. The van der Waals surface area contributed by atoms with E-state index in [9.17, 15) is 0 Å². The summed E-state index contributed by atoms with van der Waals surface area (Å²) in [7, 11) is 0. The number of rotatable bonds is 3. The summed E-state index contributed by atoms with van der Waals surface area (Å²) >= 11 is 0. The second kappa shape index (κ2) is 6.94. The van der Waals surface area contributed by atoms with E-state index in [1.54, 1.807) is 0 Å². The summed E-state index contributed by atoms with van der Waals surface area (Å²) in [6.45, 7) is 5.62. The second-order valence-corrected chi connectivity index (χ2v) is 5.81. The predicted octanol–water partition coefficient (Wildman–Crippen LogP) is 4.16. The van der Waals surface area contributed by atoms with Gasteiger partial charge in [0.1, 0.15) is 0 Å². The molecule has 1 aliphatic rings. The summed E-state index contributed by atoms with van der Waals surface area (Å²) in [5, 5.41) is 3.72. The lowest BCUT2D eigenvalue weighted by Gasteiger charge is -2.21. The van der Waals surface area contributed by atoms with E-state index in [2.05, 4.69) is 37.4 Å². The van der Waals surface area contributed by atoms with E-state index in [4.69, 9.17) is 0 Å². The van der Waals surface area contributed by atoms with Gasteiger partial charge in [-0.3, -0.25) is 0 Å². The Labute approximate surface area is 112 Å². The van der Waals surface area contributed by atoms with E-state index >= 15 is 0 Å². The summed E-state index contributed by atoms with van der Waals surface area (Å²) in [4.78, 5) is 0. The lowest BCUT2D eigenvalue weighted by atomic mass is 9.96. The van der Waals surface area contributed by atoms with Gasteiger partial charge in [-0.2, -0.15) is 0 Å². The Hall–Kier alpha value is -0.820. The van der Waals surface area contributed by atoms with Crippen LogP contribution >= 0.6 is 0 Å². The van der Waals surface area contributed by atoms with E-state index in [-0.39, 0.29) is 0 Å². The molecular formula is C17H27N. The maximum Gasteiger partial charge on any atom is 0.00702 e. The predicted molar refractivity (Wildman–Crippen MR) is 79.1 cm³/mol. The number of aryl methyl sites for hydroxylation is 3. The monoisotopic (exact) mass is 245 g/mol. The number of nitrogens with one attached hydrogen (secondary N) is 1. The molecule has 0 radical (unpaired) electrons. The van der Waals surface area contributed by atoms with Gasteiger partial charge in [0.05, 0.1) is 0 Å². The maximum absolute atomic E-state index is 3.72. The van der Waals surface area contributed by atoms with Gasteiger partial charge in [-0.15, -0.1) is 0 Å². The lowest BCUT2D eigenvalue weighted by Crippen LogP contribution is -2.31. The molecule has 1 aromatic rings. The Balaban J connectivity index is 1.83. The van der Waals surface area contributed by atoms with Gasteiger partial charge in [0, 0.05) is 6.04 Å². The average molecular weight is 245 g/mol. The van der Waals surface area contributed by atoms with Crippen molar-refractivity contribution in [3.63, 3.8) is 0 Å². The minimum Gasteiger partial charge on any atom is -0.314 e. The van der Waals surface area contributed by atoms with Crippen molar-refractivity contribution in [1.82, 2.24) is 5.32 Å². The molecule has 100 valence electrons. The molecule has 1 aliphatic heterocycles. The van der Waals surface area contributed by atoms with Gasteiger partial charge < -0.3 is 5.32 Å². The fourth-order valence-electron chi connectivity index (χ4n) is 2.82. The highest BCUT2D eigenvalue weighted by molar-refractivity contribution is 5.29. The third-order valence-electron chi connectivity index (χ3n) is 4.27. The van der Waals surface area contributed by atoms with Gasteiger partial charge in [-0.25, -0.2) is 0 Å². The van der Waals surface area contributed by atoms with Gasteiger partial charge >= 0.3 is 0 Å². The normalized spacial score (nSPS) is 21.3. The molecule has 1 unspecified atom stereocenters. The Morgan fingerprint density at radius 1 is 1.06 bits per heavy atom. The largest absolute Gasteiger partial charge is 0.314 e. The van der Waals surface area contributed by atoms with Crippen LogP contribution in [-0.4, -0.2) is 12.6 Å². The molecule has 0 spiro atoms. The zero-order valence-electron chi connectivity index (χ0n) is 12.0. The molecule has 0 aromatic heterocycles. The van der Waals surface area contributed by atoms with Crippen molar-refractivity contribution < 1.29 is 0 Å². The molecule has 0 bridgehead atoms. The first-order valence-corrected chi connectivity index (χ1v) is 7.55. The highest BCUT2D eigenvalue weighted by atomic mass is 14.9. The quantitative estimate of drug-likeness (QED) is 0.843. The van der Waals surface area contributed by atoms with Crippen LogP contribution in [0.3, 0.4) is 0 Å². The van der Waals surface area contributed by atoms with E-state index in [0.29, 0.717) is 0 Å². The third-order valence-corrected chi connectivity index (χ3v) is 4.27. The van der Waals surface area contributed by atoms with E-state index in [1.807, 2.05) is 0 Å². The van der Waals surface area contributed by atoms with Crippen LogP contribution < -0.4 is 5.32 Å². The Morgan fingerprint density at radius 2 is 1.89 bits per heavy atom. The molecule has 1 atom stereocenters. The fraction of sp³-hybridized carbons (Fsp3) is 0.647. The molecule has 0 saturated carbocycles. The van der Waals surface area contributed by atoms with Crippen molar-refractivity contribution >= 4 is 0 Å². The van der Waals surface area contributed by atoms with E-state index in [1.165, 1.54) is 68.2 Å². The molecule has 0 aliphatic carbocycles. The Morgan fingerprint density at radius 3 is 2.72 bits per heavy atom. The summed E-state index contributed by atoms with van der Waals surface area (Å²) in [6, 6.07) is 7.66. The molecular weight excluding hydrogens is 218 g/mol. The van der Waals surface area contributed by atoms with Crippen LogP contribution in [0.4, 0.5) is 0 Å². The lowest BCUT2D eigenvalue weighted by molar-refractivity contribution is 0.399. The SMILES string of the molecule is Cc1ccc(CCC2CCCCCCN2)cc1C. The minimum absolute atomic E-state index is 0.743. The number of hydrogen-bond acceptors (Lipinski definition) is 1. The van der Waals surface area contributed by atoms with Gasteiger partial charge in [-0.1, -0.05) is 37.5 Å². The van der Waals surface area contributed by atoms with Crippen molar-refractivity contribution in [3.05, 3.63) is 34.9 Å². The fourth-order valence-corrected chi connectivity index (χ4v) is 2.82. The first-order chi connectivity index (χ1) is 8.75. The van der Waals surface area contributed by atoms with Crippen LogP contribution in [-0.2, 0) is 6.42 Å². The van der Waals surface area contributed by atoms with Crippen molar-refractivity contribution in [2.45, 2.75) is 64.8 Å². The van der Waals surface area contributed by atoms with Crippen LogP contribution in [0, 0.1) is 13.8 Å². The molecule has 1 fully saturated rings. The molecule has 1 heterocycles. The van der Waals surface area contributed by atoms with Gasteiger partial charge in [0.15, 0.2) is 0 Å². The smallest absolute Gasteiger partial charge is 0.00702 e. The summed E-state index contributed by atoms with van der Waals surface area (Å²) in [5.41, 5.74) is 4.34. The van der Waals surface area contributed by atoms with Crippen LogP contribution in [0.5, 0.6) is 0 Å². The Kier molecular flexibility index (Phi) is 5.25. The molecule has 1 heteroatoms. The van der Waals surface area contributed by atoms with Crippen molar-refractivity contribution in [3.8, 4) is 0 Å². The van der Waals surface area contributed by atoms with E-state index in [0.717, 1.165) is 6.04 Å². The maximum atomic E-state index is 3.72. The Bertz CT molecular complexity index is 362. The summed E-state index contributed by atoms with van der Waals surface area (Å²) in [5.74, 6) is 0. The second-order valence-electron chi connectivity index (χ2n) is 5.81. The minimum atomic E-state index is 0.743. The first-order valence-electron chi connectivity index (χ1n) is 7.55. The topological polar surface area (TPSA) is 12.0 Å². The van der Waals surface area contributed by atoms with Crippen LogP contribution in [0.2, 0.25) is 0 Å². The molecule has 1 aromatic carbocycles. The van der Waals surface area contributed by atoms with Crippen LogP contribution in [0.15, 0.2) is 18.2 Å². The summed E-state index contributed by atoms with van der Waals surface area (Å²) in [6.07, 6.45) is 9.50. The van der Waals surface area contributed by atoms with Crippen LogP contribution in [0.25, 0.3) is 0 Å². The molecule has 2 rings (SSSR count). The van der Waals surface area contributed by atoms with Crippen molar-refractivity contribution in [2.75, 3.05) is 6.54 Å². The molecule has 0 amide bonds. The van der Waals surface area contributed by atoms with Crippen molar-refractivity contribution in [2.24, 2.45) is 0 Å². The number of hydrogen-bond donors (Lipinski definition) is 1. The zero-order chi connectivity index (χ0) is 12.8. The third kappa shape index (κ3) is 4.13. The first kappa shape index (κ1) is 13.6. The number of benzene rings is 1. The highest BCUT2D eigenvalue weighted by Gasteiger charge is 2.10. The highest BCUT2D eigenvalue weighted by Crippen LogP contribution is 2.16. The van der Waals surface area contributed by atoms with E-state index < -0.39 is 0 Å². The molecule has 1 N–H and O–H groups in total. The summed E-state index contributed by atoms with van der Waals surface area (Å²) < 4.78 is 0. The van der Waals surface area contributed by atoms with Gasteiger partial charge in [0.25, 0.3) is 0 Å². The molecule has 1 nitrogen and oxygen atoms in total. The van der Waals surface area contributed by atoms with Gasteiger partial charge in [0.2, 0.25) is 0 Å². The van der Waals surface area contributed by atoms with Crippen LogP contribution in [0.1, 0.15) is 55.2 Å². The zero-order valence-corrected chi connectivity index (χ0v) is 12.0.